The molecule has 1 aromatic carbocycles. The average Bonchev–Trinajstić information content (AvgIpc) is 3.17. The summed E-state index contributed by atoms with van der Waals surface area (Å²) in [6.45, 7) is 1.37. The summed E-state index contributed by atoms with van der Waals surface area (Å²) in [5.74, 6) is 0.130. The van der Waals surface area contributed by atoms with E-state index < -0.39 is 5.54 Å². The van der Waals surface area contributed by atoms with Crippen LogP contribution in [0.2, 0.25) is 0 Å². The number of nitrogens with zero attached hydrogens (tertiary/aromatic N) is 1. The highest BCUT2D eigenvalue weighted by Crippen LogP contribution is 2.38. The molecule has 136 valence electrons. The summed E-state index contributed by atoms with van der Waals surface area (Å²) in [5, 5.41) is 5.93. The Morgan fingerprint density at radius 1 is 1.12 bits per heavy atom. The molecule has 0 spiro atoms. The predicted molar refractivity (Wildman–Crippen MR) is 97.9 cm³/mol. The number of nitrogens with one attached hydrogen (secondary N) is 2. The lowest BCUT2D eigenvalue weighted by Crippen LogP contribution is -2.62. The van der Waals surface area contributed by atoms with Crippen LogP contribution in [0, 0.1) is 0 Å². The van der Waals surface area contributed by atoms with Crippen LogP contribution in [0.15, 0.2) is 30.3 Å². The van der Waals surface area contributed by atoms with Gasteiger partial charge in [-0.25, -0.2) is 0 Å². The minimum Gasteiger partial charge on any atom is -0.358 e. The van der Waals surface area contributed by atoms with E-state index in [1.807, 2.05) is 30.3 Å². The van der Waals surface area contributed by atoms with Crippen molar-refractivity contribution in [1.29, 1.82) is 0 Å². The number of amides is 2. The summed E-state index contributed by atoms with van der Waals surface area (Å²) >= 11 is 0. The molecule has 5 nitrogen and oxygen atoms in total. The van der Waals surface area contributed by atoms with Crippen molar-refractivity contribution in [3.63, 3.8) is 0 Å². The SMILES string of the molecule is CNC(=O)C1(N2CCC[C@H]2C(=O)NCc2ccccc2)CCCCC1. The van der Waals surface area contributed by atoms with Crippen LogP contribution in [0.25, 0.3) is 0 Å². The highest BCUT2D eigenvalue weighted by atomic mass is 16.2. The van der Waals surface area contributed by atoms with Crippen LogP contribution in [0.3, 0.4) is 0 Å². The maximum atomic E-state index is 12.8. The zero-order valence-corrected chi connectivity index (χ0v) is 15.1. The maximum absolute atomic E-state index is 12.8. The lowest BCUT2D eigenvalue weighted by atomic mass is 9.79. The van der Waals surface area contributed by atoms with Crippen molar-refractivity contribution in [2.24, 2.45) is 0 Å². The van der Waals surface area contributed by atoms with Crippen molar-refractivity contribution in [2.75, 3.05) is 13.6 Å². The molecule has 2 N–H and O–H groups in total. The van der Waals surface area contributed by atoms with E-state index in [4.69, 9.17) is 0 Å². The lowest BCUT2D eigenvalue weighted by Gasteiger charge is -2.45. The van der Waals surface area contributed by atoms with Gasteiger partial charge in [-0.2, -0.15) is 0 Å². The van der Waals surface area contributed by atoms with Crippen LogP contribution in [0.5, 0.6) is 0 Å². The molecule has 0 radical (unpaired) electrons. The van der Waals surface area contributed by atoms with Gasteiger partial charge in [0.1, 0.15) is 5.54 Å². The third kappa shape index (κ3) is 3.71. The Hall–Kier alpha value is -1.88. The zero-order chi connectivity index (χ0) is 17.7. The standard InChI is InChI=1S/C20H29N3O2/c1-21-19(25)20(12-6-3-7-13-20)23-14-8-11-17(23)18(24)22-15-16-9-4-2-5-10-16/h2,4-5,9-10,17H,3,6-8,11-15H2,1H3,(H,21,25)(H,22,24)/t17-/m0/s1. The Bertz CT molecular complexity index is 596. The molecule has 2 aliphatic rings. The first kappa shape index (κ1) is 17.9. The molecule has 2 amide bonds. The second kappa shape index (κ2) is 8.00. The Balaban J connectivity index is 1.71. The number of rotatable bonds is 5. The van der Waals surface area contributed by atoms with E-state index in [0.717, 1.165) is 50.6 Å². The minimum atomic E-state index is -0.502. The van der Waals surface area contributed by atoms with E-state index in [0.29, 0.717) is 6.54 Å². The smallest absolute Gasteiger partial charge is 0.240 e. The van der Waals surface area contributed by atoms with Crippen LogP contribution in [0.1, 0.15) is 50.5 Å². The molecule has 0 bridgehead atoms. The summed E-state index contributed by atoms with van der Waals surface area (Å²) < 4.78 is 0. The molecule has 1 atom stereocenters. The van der Waals surface area contributed by atoms with Gasteiger partial charge in [-0.1, -0.05) is 49.6 Å². The number of hydrogen-bond donors (Lipinski definition) is 2. The highest BCUT2D eigenvalue weighted by Gasteiger charge is 2.49. The fourth-order valence-electron chi connectivity index (χ4n) is 4.47. The first-order valence-electron chi connectivity index (χ1n) is 9.48. The molecule has 3 rings (SSSR count). The van der Waals surface area contributed by atoms with E-state index in [-0.39, 0.29) is 17.9 Å². The Morgan fingerprint density at radius 2 is 1.84 bits per heavy atom. The molecule has 25 heavy (non-hydrogen) atoms. The van der Waals surface area contributed by atoms with Crippen LogP contribution in [-0.2, 0) is 16.1 Å². The van der Waals surface area contributed by atoms with Gasteiger partial charge in [-0.15, -0.1) is 0 Å². The normalized spacial score (nSPS) is 23.2. The van der Waals surface area contributed by atoms with Crippen LogP contribution < -0.4 is 10.6 Å². The number of likely N-dealkylation sites (N-methyl/N-ethyl adjacent to an activating group) is 1. The Morgan fingerprint density at radius 3 is 2.52 bits per heavy atom. The maximum Gasteiger partial charge on any atom is 0.240 e. The number of likely N-dealkylation sites (tertiary alicyclic amines) is 1. The summed E-state index contributed by atoms with van der Waals surface area (Å²) in [5.41, 5.74) is 0.595. The summed E-state index contributed by atoms with van der Waals surface area (Å²) in [6, 6.07) is 9.76. The quantitative estimate of drug-likeness (QED) is 0.862. The molecular weight excluding hydrogens is 314 g/mol. The molecule has 1 saturated carbocycles. The highest BCUT2D eigenvalue weighted by molar-refractivity contribution is 5.88. The molecule has 2 fully saturated rings. The van der Waals surface area contributed by atoms with Crippen molar-refractivity contribution < 1.29 is 9.59 Å². The van der Waals surface area contributed by atoms with Gasteiger partial charge in [0.05, 0.1) is 6.04 Å². The van der Waals surface area contributed by atoms with Crippen LogP contribution in [0.4, 0.5) is 0 Å². The molecular formula is C20H29N3O2. The fourth-order valence-corrected chi connectivity index (χ4v) is 4.47. The molecule has 0 aromatic heterocycles. The van der Waals surface area contributed by atoms with Crippen LogP contribution in [-0.4, -0.2) is 41.9 Å². The number of hydrogen-bond acceptors (Lipinski definition) is 3. The Kier molecular flexibility index (Phi) is 5.74. The Labute approximate surface area is 150 Å². The predicted octanol–water partition coefficient (Wildman–Crippen LogP) is 2.22. The first-order chi connectivity index (χ1) is 12.2. The van der Waals surface area contributed by atoms with Gasteiger partial charge in [0.2, 0.25) is 11.8 Å². The van der Waals surface area contributed by atoms with Crippen molar-refractivity contribution in [1.82, 2.24) is 15.5 Å². The first-order valence-corrected chi connectivity index (χ1v) is 9.48. The molecule has 1 aliphatic heterocycles. The van der Waals surface area contributed by atoms with Gasteiger partial charge >= 0.3 is 0 Å². The van der Waals surface area contributed by atoms with Gasteiger partial charge in [0, 0.05) is 20.1 Å². The molecule has 1 heterocycles. The number of benzene rings is 1. The molecule has 1 saturated heterocycles. The lowest BCUT2D eigenvalue weighted by molar-refractivity contribution is -0.140. The van der Waals surface area contributed by atoms with Crippen molar-refractivity contribution in [3.05, 3.63) is 35.9 Å². The molecule has 5 heteroatoms. The topological polar surface area (TPSA) is 61.4 Å². The minimum absolute atomic E-state index is 0.0511. The average molecular weight is 343 g/mol. The van der Waals surface area contributed by atoms with Crippen molar-refractivity contribution in [3.8, 4) is 0 Å². The van der Waals surface area contributed by atoms with Crippen molar-refractivity contribution in [2.45, 2.75) is 63.1 Å². The van der Waals surface area contributed by atoms with E-state index in [9.17, 15) is 9.59 Å². The number of carbonyl (C=O) groups is 2. The van der Waals surface area contributed by atoms with Crippen LogP contribution >= 0.6 is 0 Å². The van der Waals surface area contributed by atoms with Gasteiger partial charge in [-0.3, -0.25) is 14.5 Å². The summed E-state index contributed by atoms with van der Waals surface area (Å²) in [4.78, 5) is 27.8. The van der Waals surface area contributed by atoms with E-state index in [2.05, 4.69) is 15.5 Å². The third-order valence-corrected chi connectivity index (χ3v) is 5.75. The second-order valence-corrected chi connectivity index (χ2v) is 7.23. The molecule has 0 unspecified atom stereocenters. The molecule has 1 aliphatic carbocycles. The number of carbonyl (C=O) groups excluding carboxylic acids is 2. The monoisotopic (exact) mass is 343 g/mol. The van der Waals surface area contributed by atoms with E-state index in [1.165, 1.54) is 6.42 Å². The van der Waals surface area contributed by atoms with Gasteiger partial charge in [-0.05, 0) is 31.2 Å². The van der Waals surface area contributed by atoms with Gasteiger partial charge < -0.3 is 10.6 Å². The summed E-state index contributed by atoms with van der Waals surface area (Å²) in [7, 11) is 1.71. The zero-order valence-electron chi connectivity index (χ0n) is 15.1. The molecule has 1 aromatic rings. The third-order valence-electron chi connectivity index (χ3n) is 5.75. The van der Waals surface area contributed by atoms with E-state index >= 15 is 0 Å². The fraction of sp³-hybridized carbons (Fsp3) is 0.600. The van der Waals surface area contributed by atoms with Crippen molar-refractivity contribution >= 4 is 11.8 Å². The van der Waals surface area contributed by atoms with Gasteiger partial charge in [0.15, 0.2) is 0 Å². The second-order valence-electron chi connectivity index (χ2n) is 7.23. The largest absolute Gasteiger partial charge is 0.358 e. The van der Waals surface area contributed by atoms with E-state index in [1.54, 1.807) is 7.05 Å². The van der Waals surface area contributed by atoms with Gasteiger partial charge in [0.25, 0.3) is 0 Å². The summed E-state index contributed by atoms with van der Waals surface area (Å²) in [6.07, 6.45) is 6.81.